The number of imidazole rings is 1. The second-order valence-corrected chi connectivity index (χ2v) is 3.94. The molecule has 0 aliphatic rings. The van der Waals surface area contributed by atoms with Gasteiger partial charge in [0, 0.05) is 16.8 Å². The summed E-state index contributed by atoms with van der Waals surface area (Å²) in [5.74, 6) is 0. The fourth-order valence-electron chi connectivity index (χ4n) is 1.20. The Hall–Kier alpha value is -1.16. The van der Waals surface area contributed by atoms with Crippen LogP contribution < -0.4 is 0 Å². The maximum absolute atomic E-state index is 4.24. The molecule has 0 radical (unpaired) electrons. The van der Waals surface area contributed by atoms with E-state index in [9.17, 15) is 0 Å². The van der Waals surface area contributed by atoms with Crippen molar-refractivity contribution in [3.05, 3.63) is 34.9 Å². The normalized spacial score (nSPS) is 9.60. The van der Waals surface area contributed by atoms with E-state index in [0.29, 0.717) is 0 Å². The monoisotopic (exact) mass is 223 g/mol. The second kappa shape index (κ2) is 5.66. The molecule has 0 aromatic carbocycles. The van der Waals surface area contributed by atoms with Crippen LogP contribution in [0.4, 0.5) is 0 Å². The van der Waals surface area contributed by atoms with Crippen molar-refractivity contribution in [2.45, 2.75) is 34.2 Å². The lowest BCUT2D eigenvalue weighted by Gasteiger charge is -2.01. The van der Waals surface area contributed by atoms with Gasteiger partial charge in [0.1, 0.15) is 0 Å². The van der Waals surface area contributed by atoms with E-state index in [-0.39, 0.29) is 0 Å². The zero-order chi connectivity index (χ0) is 11.3. The first-order valence-corrected chi connectivity index (χ1v) is 5.92. The maximum atomic E-state index is 4.24. The van der Waals surface area contributed by atoms with Gasteiger partial charge in [-0.3, -0.25) is 0 Å². The Morgan fingerprint density at radius 1 is 1.33 bits per heavy atom. The van der Waals surface area contributed by atoms with Crippen molar-refractivity contribution in [1.82, 2.24) is 13.9 Å². The quantitative estimate of drug-likeness (QED) is 0.783. The van der Waals surface area contributed by atoms with Gasteiger partial charge in [-0.15, -0.1) is 0 Å². The number of hydrogen-bond acceptors (Lipinski definition) is 3. The molecule has 82 valence electrons. The third kappa shape index (κ3) is 2.89. The average molecular weight is 223 g/mol. The largest absolute Gasteiger partial charge is 0.329 e. The third-order valence-electron chi connectivity index (χ3n) is 2.16. The van der Waals surface area contributed by atoms with Crippen molar-refractivity contribution >= 4 is 11.5 Å². The van der Waals surface area contributed by atoms with Gasteiger partial charge in [-0.05, 0) is 31.4 Å². The Labute approximate surface area is 95.0 Å². The molecule has 0 aliphatic carbocycles. The van der Waals surface area contributed by atoms with Crippen LogP contribution in [0.5, 0.6) is 0 Å². The molecular formula is C11H17N3S. The van der Waals surface area contributed by atoms with Crippen molar-refractivity contribution in [2.75, 3.05) is 0 Å². The van der Waals surface area contributed by atoms with Gasteiger partial charge in [0.2, 0.25) is 0 Å². The average Bonchev–Trinajstić information content (AvgIpc) is 2.87. The van der Waals surface area contributed by atoms with E-state index in [2.05, 4.69) is 20.8 Å². The molecule has 0 fully saturated rings. The summed E-state index contributed by atoms with van der Waals surface area (Å²) in [6.07, 6.45) is 3.71. The molecular weight excluding hydrogens is 206 g/mol. The van der Waals surface area contributed by atoms with Crippen LogP contribution in [0.25, 0.3) is 0 Å². The van der Waals surface area contributed by atoms with Crippen LogP contribution in [0.15, 0.2) is 18.6 Å². The SMILES string of the molecule is CC.Cc1ncn(Cc2ccns2)c1C. The first-order valence-electron chi connectivity index (χ1n) is 5.15. The summed E-state index contributed by atoms with van der Waals surface area (Å²) in [4.78, 5) is 5.51. The summed E-state index contributed by atoms with van der Waals surface area (Å²) in [6.45, 7) is 9.00. The third-order valence-corrected chi connectivity index (χ3v) is 2.89. The zero-order valence-corrected chi connectivity index (χ0v) is 10.5. The van der Waals surface area contributed by atoms with Gasteiger partial charge < -0.3 is 4.57 Å². The fourth-order valence-corrected chi connectivity index (χ4v) is 1.77. The van der Waals surface area contributed by atoms with Crippen molar-refractivity contribution in [3.63, 3.8) is 0 Å². The second-order valence-electron chi connectivity index (χ2n) is 3.02. The molecule has 0 atom stereocenters. The molecule has 2 heterocycles. The summed E-state index contributed by atoms with van der Waals surface area (Å²) >= 11 is 1.54. The van der Waals surface area contributed by atoms with Crippen molar-refractivity contribution in [1.29, 1.82) is 0 Å². The summed E-state index contributed by atoms with van der Waals surface area (Å²) < 4.78 is 6.20. The molecule has 0 saturated carbocycles. The van der Waals surface area contributed by atoms with Crippen molar-refractivity contribution < 1.29 is 0 Å². The van der Waals surface area contributed by atoms with E-state index in [1.165, 1.54) is 22.1 Å². The lowest BCUT2D eigenvalue weighted by Crippen LogP contribution is -1.98. The predicted molar refractivity (Wildman–Crippen MR) is 64.3 cm³/mol. The van der Waals surface area contributed by atoms with E-state index in [4.69, 9.17) is 0 Å². The van der Waals surface area contributed by atoms with Crippen LogP contribution in [0, 0.1) is 13.8 Å². The van der Waals surface area contributed by atoms with E-state index >= 15 is 0 Å². The molecule has 0 spiro atoms. The van der Waals surface area contributed by atoms with Crippen LogP contribution in [-0.2, 0) is 6.54 Å². The molecule has 2 aromatic rings. The summed E-state index contributed by atoms with van der Waals surface area (Å²) in [5.41, 5.74) is 2.33. The van der Waals surface area contributed by atoms with Gasteiger partial charge in [-0.2, -0.15) is 0 Å². The Kier molecular flexibility index (Phi) is 4.49. The highest BCUT2D eigenvalue weighted by molar-refractivity contribution is 7.05. The number of aryl methyl sites for hydroxylation is 1. The lowest BCUT2D eigenvalue weighted by molar-refractivity contribution is 0.779. The first kappa shape index (κ1) is 11.9. The molecule has 0 aliphatic heterocycles. The minimum absolute atomic E-state index is 0.886. The van der Waals surface area contributed by atoms with Gasteiger partial charge >= 0.3 is 0 Å². The Balaban J connectivity index is 0.000000531. The number of aromatic nitrogens is 3. The Bertz CT molecular complexity index is 390. The molecule has 4 heteroatoms. The van der Waals surface area contributed by atoms with Crippen molar-refractivity contribution in [2.24, 2.45) is 0 Å². The maximum Gasteiger partial charge on any atom is 0.0954 e. The molecule has 0 amide bonds. The van der Waals surface area contributed by atoms with Gasteiger partial charge in [0.05, 0.1) is 18.6 Å². The topological polar surface area (TPSA) is 30.7 Å². The van der Waals surface area contributed by atoms with Crippen LogP contribution in [0.2, 0.25) is 0 Å². The van der Waals surface area contributed by atoms with Gasteiger partial charge in [-0.25, -0.2) is 9.36 Å². The molecule has 15 heavy (non-hydrogen) atoms. The Morgan fingerprint density at radius 2 is 2.07 bits per heavy atom. The van der Waals surface area contributed by atoms with Crippen LogP contribution >= 0.6 is 11.5 Å². The van der Waals surface area contributed by atoms with E-state index < -0.39 is 0 Å². The molecule has 3 nitrogen and oxygen atoms in total. The number of rotatable bonds is 2. The van der Waals surface area contributed by atoms with Gasteiger partial charge in [0.15, 0.2) is 0 Å². The number of nitrogens with zero attached hydrogens (tertiary/aromatic N) is 3. The minimum Gasteiger partial charge on any atom is -0.329 e. The van der Waals surface area contributed by atoms with Gasteiger partial charge in [-0.1, -0.05) is 13.8 Å². The zero-order valence-electron chi connectivity index (χ0n) is 9.69. The van der Waals surface area contributed by atoms with Crippen molar-refractivity contribution in [3.8, 4) is 0 Å². The first-order chi connectivity index (χ1) is 7.27. The van der Waals surface area contributed by atoms with E-state index in [1.54, 1.807) is 0 Å². The summed E-state index contributed by atoms with van der Waals surface area (Å²) in [6, 6.07) is 2.04. The molecule has 2 aromatic heterocycles. The number of hydrogen-bond donors (Lipinski definition) is 0. The molecule has 0 bridgehead atoms. The highest BCUT2D eigenvalue weighted by Gasteiger charge is 2.02. The minimum atomic E-state index is 0.886. The fraction of sp³-hybridized carbons (Fsp3) is 0.455. The predicted octanol–water partition coefficient (Wildman–Crippen LogP) is 3.03. The smallest absolute Gasteiger partial charge is 0.0954 e. The van der Waals surface area contributed by atoms with Crippen LogP contribution in [-0.4, -0.2) is 13.9 Å². The van der Waals surface area contributed by atoms with Crippen LogP contribution in [0.3, 0.4) is 0 Å². The van der Waals surface area contributed by atoms with E-state index in [1.807, 2.05) is 39.4 Å². The standard InChI is InChI=1S/C9H11N3S.C2H6/c1-7-8(2)12(6-10-7)5-9-3-4-11-13-9;1-2/h3-4,6H,5H2,1-2H3;1-2H3. The molecule has 0 unspecified atom stereocenters. The molecule has 0 saturated heterocycles. The summed E-state index contributed by atoms with van der Waals surface area (Å²) in [5, 5.41) is 0. The highest BCUT2D eigenvalue weighted by Crippen LogP contribution is 2.10. The summed E-state index contributed by atoms with van der Waals surface area (Å²) in [7, 11) is 0. The molecule has 2 rings (SSSR count). The Morgan fingerprint density at radius 3 is 2.53 bits per heavy atom. The van der Waals surface area contributed by atoms with Gasteiger partial charge in [0.25, 0.3) is 0 Å². The van der Waals surface area contributed by atoms with E-state index in [0.717, 1.165) is 12.2 Å². The lowest BCUT2D eigenvalue weighted by atomic mass is 10.3. The van der Waals surface area contributed by atoms with Crippen LogP contribution in [0.1, 0.15) is 30.1 Å². The highest BCUT2D eigenvalue weighted by atomic mass is 32.1. The molecule has 0 N–H and O–H groups in total.